The van der Waals surface area contributed by atoms with Crippen molar-refractivity contribution in [3.63, 3.8) is 0 Å². The Morgan fingerprint density at radius 2 is 1.87 bits per heavy atom. The highest BCUT2D eigenvalue weighted by molar-refractivity contribution is 6.00. The lowest BCUT2D eigenvalue weighted by atomic mass is 10.1. The predicted octanol–water partition coefficient (Wildman–Crippen LogP) is 2.30. The van der Waals surface area contributed by atoms with Gasteiger partial charge in [0.2, 0.25) is 11.8 Å². The molecule has 1 atom stereocenters. The standard InChI is InChI=1S/C22H25N3O5/c1-15-22(28)25(18-6-4-5-7-19(18)30-15)13-12-21(27)24(2)14-20(26)23-16-8-10-17(29-3)11-9-16/h4-11,15H,12-14H2,1-3H3,(H,23,26)/t15-/m0/s1. The molecule has 0 radical (unpaired) electrons. The van der Waals surface area contributed by atoms with Crippen molar-refractivity contribution < 1.29 is 23.9 Å². The Morgan fingerprint density at radius 1 is 1.17 bits per heavy atom. The minimum Gasteiger partial charge on any atom is -0.497 e. The third-order valence-corrected chi connectivity index (χ3v) is 4.80. The highest BCUT2D eigenvalue weighted by Gasteiger charge is 2.31. The molecule has 0 saturated heterocycles. The van der Waals surface area contributed by atoms with Gasteiger partial charge in [0.05, 0.1) is 19.3 Å². The Morgan fingerprint density at radius 3 is 2.57 bits per heavy atom. The number of nitrogens with one attached hydrogen (secondary N) is 1. The summed E-state index contributed by atoms with van der Waals surface area (Å²) in [5.41, 5.74) is 1.26. The lowest BCUT2D eigenvalue weighted by Crippen LogP contribution is -2.46. The third kappa shape index (κ3) is 4.89. The molecular weight excluding hydrogens is 386 g/mol. The second-order valence-electron chi connectivity index (χ2n) is 6.99. The number of ether oxygens (including phenoxy) is 2. The number of amides is 3. The highest BCUT2D eigenvalue weighted by Crippen LogP contribution is 2.33. The van der Waals surface area contributed by atoms with E-state index < -0.39 is 6.10 Å². The maximum Gasteiger partial charge on any atom is 0.267 e. The van der Waals surface area contributed by atoms with E-state index in [2.05, 4.69) is 5.32 Å². The lowest BCUT2D eigenvalue weighted by Gasteiger charge is -2.33. The lowest BCUT2D eigenvalue weighted by molar-refractivity contribution is -0.133. The Kier molecular flexibility index (Phi) is 6.56. The Labute approximate surface area is 175 Å². The maximum absolute atomic E-state index is 12.5. The Balaban J connectivity index is 1.54. The molecule has 3 amide bonds. The van der Waals surface area contributed by atoms with Crippen LogP contribution in [-0.4, -0.2) is 56.0 Å². The molecule has 0 aromatic heterocycles. The summed E-state index contributed by atoms with van der Waals surface area (Å²) in [4.78, 5) is 40.2. The number of nitrogens with zero attached hydrogens (tertiary/aromatic N) is 2. The van der Waals surface area contributed by atoms with Gasteiger partial charge in [0.1, 0.15) is 11.5 Å². The largest absolute Gasteiger partial charge is 0.497 e. The Hall–Kier alpha value is -3.55. The molecule has 0 aliphatic carbocycles. The first-order valence-electron chi connectivity index (χ1n) is 9.64. The normalized spacial score (nSPS) is 15.1. The maximum atomic E-state index is 12.5. The molecular formula is C22H25N3O5. The number of methoxy groups -OCH3 is 1. The summed E-state index contributed by atoms with van der Waals surface area (Å²) in [7, 11) is 3.13. The number of rotatable bonds is 7. The molecule has 1 N–H and O–H groups in total. The van der Waals surface area contributed by atoms with Gasteiger partial charge in [-0.15, -0.1) is 0 Å². The average Bonchev–Trinajstić information content (AvgIpc) is 2.74. The molecule has 0 spiro atoms. The van der Waals surface area contributed by atoms with Crippen molar-refractivity contribution in [1.29, 1.82) is 0 Å². The van der Waals surface area contributed by atoms with Crippen LogP contribution in [0.15, 0.2) is 48.5 Å². The van der Waals surface area contributed by atoms with Crippen LogP contribution in [0.3, 0.4) is 0 Å². The molecule has 3 rings (SSSR count). The average molecular weight is 411 g/mol. The summed E-state index contributed by atoms with van der Waals surface area (Å²) in [6, 6.07) is 14.2. The number of carbonyl (C=O) groups excluding carboxylic acids is 3. The second-order valence-corrected chi connectivity index (χ2v) is 6.99. The number of benzene rings is 2. The van der Waals surface area contributed by atoms with Crippen molar-refractivity contribution in [1.82, 2.24) is 4.90 Å². The quantitative estimate of drug-likeness (QED) is 0.755. The summed E-state index contributed by atoms with van der Waals surface area (Å²) in [5, 5.41) is 2.74. The van der Waals surface area contributed by atoms with E-state index in [1.54, 1.807) is 62.4 Å². The number of anilines is 2. The smallest absolute Gasteiger partial charge is 0.267 e. The van der Waals surface area contributed by atoms with Crippen molar-refractivity contribution >= 4 is 29.1 Å². The van der Waals surface area contributed by atoms with Crippen LogP contribution in [0, 0.1) is 0 Å². The van der Waals surface area contributed by atoms with E-state index in [0.717, 1.165) is 0 Å². The second kappa shape index (κ2) is 9.30. The molecule has 2 aromatic rings. The minimum atomic E-state index is -0.608. The number of hydrogen-bond donors (Lipinski definition) is 1. The SMILES string of the molecule is COc1ccc(NC(=O)CN(C)C(=O)CCN2C(=O)[C@H](C)Oc3ccccc32)cc1. The molecule has 0 unspecified atom stereocenters. The topological polar surface area (TPSA) is 88.2 Å². The summed E-state index contributed by atoms with van der Waals surface area (Å²) in [6.45, 7) is 1.81. The number of fused-ring (bicyclic) bond motifs is 1. The van der Waals surface area contributed by atoms with Crippen molar-refractivity contribution in [2.45, 2.75) is 19.4 Å². The predicted molar refractivity (Wildman–Crippen MR) is 113 cm³/mol. The minimum absolute atomic E-state index is 0.0884. The number of para-hydroxylation sites is 2. The van der Waals surface area contributed by atoms with E-state index in [4.69, 9.17) is 9.47 Å². The fourth-order valence-corrected chi connectivity index (χ4v) is 3.17. The molecule has 8 nitrogen and oxygen atoms in total. The number of carbonyl (C=O) groups is 3. The van der Waals surface area contributed by atoms with Crippen molar-refractivity contribution in [2.24, 2.45) is 0 Å². The third-order valence-electron chi connectivity index (χ3n) is 4.80. The molecule has 1 aliphatic heterocycles. The molecule has 1 heterocycles. The van der Waals surface area contributed by atoms with Crippen LogP contribution in [0.1, 0.15) is 13.3 Å². The van der Waals surface area contributed by atoms with E-state index in [0.29, 0.717) is 22.9 Å². The van der Waals surface area contributed by atoms with Gasteiger partial charge >= 0.3 is 0 Å². The molecule has 0 fully saturated rings. The van der Waals surface area contributed by atoms with Gasteiger partial charge in [0, 0.05) is 25.7 Å². The fraction of sp³-hybridized carbons (Fsp3) is 0.318. The van der Waals surface area contributed by atoms with Gasteiger partial charge in [-0.3, -0.25) is 14.4 Å². The summed E-state index contributed by atoms with van der Waals surface area (Å²) < 4.78 is 10.7. The highest BCUT2D eigenvalue weighted by atomic mass is 16.5. The van der Waals surface area contributed by atoms with Gasteiger partial charge in [-0.05, 0) is 43.3 Å². The van der Waals surface area contributed by atoms with Gasteiger partial charge in [0.15, 0.2) is 6.10 Å². The van der Waals surface area contributed by atoms with E-state index in [1.165, 1.54) is 4.90 Å². The fourth-order valence-electron chi connectivity index (χ4n) is 3.17. The van der Waals surface area contributed by atoms with Gasteiger partial charge < -0.3 is 24.6 Å². The van der Waals surface area contributed by atoms with Gasteiger partial charge in [-0.25, -0.2) is 0 Å². The summed E-state index contributed by atoms with van der Waals surface area (Å²) in [5.74, 6) is 0.571. The number of hydrogen-bond acceptors (Lipinski definition) is 5. The van der Waals surface area contributed by atoms with Crippen molar-refractivity contribution in [3.8, 4) is 11.5 Å². The molecule has 8 heteroatoms. The molecule has 30 heavy (non-hydrogen) atoms. The molecule has 2 aromatic carbocycles. The zero-order valence-corrected chi connectivity index (χ0v) is 17.3. The van der Waals surface area contributed by atoms with Gasteiger partial charge in [0.25, 0.3) is 5.91 Å². The van der Waals surface area contributed by atoms with E-state index in [1.807, 2.05) is 12.1 Å². The van der Waals surface area contributed by atoms with Crippen LogP contribution in [0.4, 0.5) is 11.4 Å². The zero-order chi connectivity index (χ0) is 21.7. The first kappa shape index (κ1) is 21.2. The molecule has 0 bridgehead atoms. The first-order chi connectivity index (χ1) is 14.4. The van der Waals surface area contributed by atoms with Gasteiger partial charge in [-0.2, -0.15) is 0 Å². The van der Waals surface area contributed by atoms with Crippen LogP contribution >= 0.6 is 0 Å². The molecule has 158 valence electrons. The van der Waals surface area contributed by atoms with Crippen LogP contribution in [0.5, 0.6) is 11.5 Å². The number of likely N-dealkylation sites (N-methyl/N-ethyl adjacent to an activating group) is 1. The molecule has 0 saturated carbocycles. The van der Waals surface area contributed by atoms with Crippen LogP contribution < -0.4 is 19.7 Å². The monoisotopic (exact) mass is 411 g/mol. The van der Waals surface area contributed by atoms with Crippen LogP contribution in [-0.2, 0) is 14.4 Å². The van der Waals surface area contributed by atoms with Crippen LogP contribution in [0.2, 0.25) is 0 Å². The van der Waals surface area contributed by atoms with Gasteiger partial charge in [-0.1, -0.05) is 12.1 Å². The van der Waals surface area contributed by atoms with E-state index >= 15 is 0 Å². The Bertz CT molecular complexity index is 929. The first-order valence-corrected chi connectivity index (χ1v) is 9.64. The summed E-state index contributed by atoms with van der Waals surface area (Å²) >= 11 is 0. The van der Waals surface area contributed by atoms with Crippen LogP contribution in [0.25, 0.3) is 0 Å². The molecule has 1 aliphatic rings. The summed E-state index contributed by atoms with van der Waals surface area (Å²) in [6.07, 6.45) is -0.512. The van der Waals surface area contributed by atoms with Crippen molar-refractivity contribution in [3.05, 3.63) is 48.5 Å². The van der Waals surface area contributed by atoms with E-state index in [-0.39, 0.29) is 37.2 Å². The van der Waals surface area contributed by atoms with E-state index in [9.17, 15) is 14.4 Å². The van der Waals surface area contributed by atoms with Crippen molar-refractivity contribution in [2.75, 3.05) is 37.5 Å². The zero-order valence-electron chi connectivity index (χ0n) is 17.3.